The Hall–Kier alpha value is -2.66. The van der Waals surface area contributed by atoms with Gasteiger partial charge in [0, 0.05) is 18.2 Å². The fourth-order valence-corrected chi connectivity index (χ4v) is 3.34. The summed E-state index contributed by atoms with van der Waals surface area (Å²) in [5.74, 6) is -1.12. The SMILES string of the molecule is O=C(O)c1ccc(C(=O)N2CCCC2CC(O)c2ccccc2)cc1. The molecule has 1 aliphatic heterocycles. The van der Waals surface area contributed by atoms with Gasteiger partial charge in [-0.3, -0.25) is 4.79 Å². The van der Waals surface area contributed by atoms with Gasteiger partial charge in [0.2, 0.25) is 0 Å². The second-order valence-electron chi connectivity index (χ2n) is 6.34. The van der Waals surface area contributed by atoms with Gasteiger partial charge in [0.25, 0.3) is 5.91 Å². The van der Waals surface area contributed by atoms with Crippen LogP contribution < -0.4 is 0 Å². The molecule has 2 unspecified atom stereocenters. The second kappa shape index (κ2) is 7.49. The van der Waals surface area contributed by atoms with E-state index in [1.165, 1.54) is 12.1 Å². The third kappa shape index (κ3) is 3.88. The van der Waals surface area contributed by atoms with Gasteiger partial charge in [-0.25, -0.2) is 4.79 Å². The van der Waals surface area contributed by atoms with Crippen molar-refractivity contribution >= 4 is 11.9 Å². The molecule has 2 atom stereocenters. The number of amides is 1. The van der Waals surface area contributed by atoms with Crippen molar-refractivity contribution in [1.82, 2.24) is 4.90 Å². The van der Waals surface area contributed by atoms with Crippen LogP contribution in [0.4, 0.5) is 0 Å². The van der Waals surface area contributed by atoms with Crippen molar-refractivity contribution in [3.63, 3.8) is 0 Å². The highest BCUT2D eigenvalue weighted by Crippen LogP contribution is 2.28. The van der Waals surface area contributed by atoms with Crippen molar-refractivity contribution in [3.8, 4) is 0 Å². The van der Waals surface area contributed by atoms with Gasteiger partial charge in [0.15, 0.2) is 0 Å². The number of hydrogen-bond acceptors (Lipinski definition) is 3. The molecule has 0 aromatic heterocycles. The number of benzene rings is 2. The summed E-state index contributed by atoms with van der Waals surface area (Å²) < 4.78 is 0. The van der Waals surface area contributed by atoms with Gasteiger partial charge in [-0.05, 0) is 49.1 Å². The lowest BCUT2D eigenvalue weighted by atomic mass is 10.00. The van der Waals surface area contributed by atoms with Gasteiger partial charge in [-0.15, -0.1) is 0 Å². The lowest BCUT2D eigenvalue weighted by Gasteiger charge is -2.27. The van der Waals surface area contributed by atoms with E-state index in [0.717, 1.165) is 18.4 Å². The minimum absolute atomic E-state index is 0.0122. The Kier molecular flexibility index (Phi) is 5.14. The maximum absolute atomic E-state index is 12.8. The molecule has 1 fully saturated rings. The van der Waals surface area contributed by atoms with Gasteiger partial charge in [-0.2, -0.15) is 0 Å². The zero-order chi connectivity index (χ0) is 17.8. The maximum Gasteiger partial charge on any atom is 0.335 e. The van der Waals surface area contributed by atoms with E-state index in [2.05, 4.69) is 0 Å². The fraction of sp³-hybridized carbons (Fsp3) is 0.300. The number of aromatic carboxylic acids is 1. The van der Waals surface area contributed by atoms with Crippen LogP contribution in [0.15, 0.2) is 54.6 Å². The summed E-state index contributed by atoms with van der Waals surface area (Å²) in [6.45, 7) is 0.658. The highest BCUT2D eigenvalue weighted by Gasteiger charge is 2.31. The van der Waals surface area contributed by atoms with E-state index < -0.39 is 12.1 Å². The van der Waals surface area contributed by atoms with Crippen molar-refractivity contribution in [2.75, 3.05) is 6.54 Å². The summed E-state index contributed by atoms with van der Waals surface area (Å²) in [6.07, 6.45) is 1.67. The van der Waals surface area contributed by atoms with Crippen LogP contribution in [0, 0.1) is 0 Å². The summed E-state index contributed by atoms with van der Waals surface area (Å²) in [5, 5.41) is 19.4. The minimum Gasteiger partial charge on any atom is -0.478 e. The zero-order valence-corrected chi connectivity index (χ0v) is 13.8. The van der Waals surface area contributed by atoms with Crippen molar-refractivity contribution in [2.24, 2.45) is 0 Å². The number of hydrogen-bond donors (Lipinski definition) is 2. The molecule has 25 heavy (non-hydrogen) atoms. The second-order valence-corrected chi connectivity index (χ2v) is 6.34. The zero-order valence-electron chi connectivity index (χ0n) is 13.8. The average molecular weight is 339 g/mol. The van der Waals surface area contributed by atoms with Crippen LogP contribution in [-0.4, -0.2) is 39.6 Å². The molecule has 2 aromatic rings. The Morgan fingerprint density at radius 2 is 1.68 bits per heavy atom. The first kappa shape index (κ1) is 17.2. The smallest absolute Gasteiger partial charge is 0.335 e. The first-order valence-corrected chi connectivity index (χ1v) is 8.43. The minimum atomic E-state index is -1.01. The van der Waals surface area contributed by atoms with Gasteiger partial charge < -0.3 is 15.1 Å². The standard InChI is InChI=1S/C20H21NO4/c22-18(14-5-2-1-3-6-14)13-17-7-4-12-21(17)19(23)15-8-10-16(11-9-15)20(24)25/h1-3,5-6,8-11,17-18,22H,4,7,12-13H2,(H,24,25). The average Bonchev–Trinajstić information content (AvgIpc) is 3.10. The Morgan fingerprint density at radius 3 is 2.32 bits per heavy atom. The maximum atomic E-state index is 12.8. The van der Waals surface area contributed by atoms with E-state index in [1.54, 1.807) is 17.0 Å². The molecule has 0 radical (unpaired) electrons. The topological polar surface area (TPSA) is 77.8 Å². The van der Waals surface area contributed by atoms with Crippen LogP contribution in [-0.2, 0) is 0 Å². The Bertz CT molecular complexity index is 742. The Balaban J connectivity index is 1.70. The molecule has 130 valence electrons. The predicted molar refractivity (Wildman–Crippen MR) is 93.5 cm³/mol. The van der Waals surface area contributed by atoms with E-state index in [9.17, 15) is 14.7 Å². The third-order valence-electron chi connectivity index (χ3n) is 4.70. The summed E-state index contributed by atoms with van der Waals surface area (Å²) in [4.78, 5) is 25.5. The van der Waals surface area contributed by atoms with Crippen molar-refractivity contribution in [1.29, 1.82) is 0 Å². The van der Waals surface area contributed by atoms with Crippen LogP contribution in [0.5, 0.6) is 0 Å². The number of rotatable bonds is 5. The molecule has 1 amide bonds. The van der Waals surface area contributed by atoms with E-state index >= 15 is 0 Å². The molecule has 1 heterocycles. The number of aliphatic hydroxyl groups excluding tert-OH is 1. The van der Waals surface area contributed by atoms with Gasteiger partial charge in [-0.1, -0.05) is 30.3 Å². The molecular weight excluding hydrogens is 318 g/mol. The molecule has 0 spiro atoms. The van der Waals surface area contributed by atoms with Gasteiger partial charge in [0.1, 0.15) is 0 Å². The number of carboxylic acid groups (broad SMARTS) is 1. The highest BCUT2D eigenvalue weighted by molar-refractivity contribution is 5.96. The van der Waals surface area contributed by atoms with Crippen molar-refractivity contribution in [3.05, 3.63) is 71.3 Å². The molecule has 1 saturated heterocycles. The quantitative estimate of drug-likeness (QED) is 0.877. The molecule has 2 N–H and O–H groups in total. The number of aliphatic hydroxyl groups is 1. The van der Waals surface area contributed by atoms with Crippen LogP contribution >= 0.6 is 0 Å². The number of likely N-dealkylation sites (tertiary alicyclic amines) is 1. The largest absolute Gasteiger partial charge is 0.478 e. The van der Waals surface area contributed by atoms with Crippen LogP contribution in [0.1, 0.15) is 51.6 Å². The first-order valence-electron chi connectivity index (χ1n) is 8.43. The number of carbonyl (C=O) groups is 2. The Morgan fingerprint density at radius 1 is 1.04 bits per heavy atom. The highest BCUT2D eigenvalue weighted by atomic mass is 16.4. The van der Waals surface area contributed by atoms with E-state index in [-0.39, 0.29) is 17.5 Å². The molecule has 3 rings (SSSR count). The van der Waals surface area contributed by atoms with Crippen molar-refractivity contribution < 1.29 is 19.8 Å². The first-order chi connectivity index (χ1) is 12.1. The van der Waals surface area contributed by atoms with E-state index in [0.29, 0.717) is 18.5 Å². The van der Waals surface area contributed by atoms with Crippen molar-refractivity contribution in [2.45, 2.75) is 31.4 Å². The Labute approximate surface area is 146 Å². The summed E-state index contributed by atoms with van der Waals surface area (Å²) in [7, 11) is 0. The van der Waals surface area contributed by atoms with Gasteiger partial charge in [0.05, 0.1) is 11.7 Å². The fourth-order valence-electron chi connectivity index (χ4n) is 3.34. The predicted octanol–water partition coefficient (Wildman–Crippen LogP) is 3.11. The molecule has 2 aromatic carbocycles. The lowest BCUT2D eigenvalue weighted by molar-refractivity contribution is 0.0661. The summed E-state index contributed by atoms with van der Waals surface area (Å²) >= 11 is 0. The number of carboxylic acids is 1. The summed E-state index contributed by atoms with van der Waals surface area (Å²) in [5.41, 5.74) is 1.49. The third-order valence-corrected chi connectivity index (χ3v) is 4.70. The molecule has 0 bridgehead atoms. The molecule has 0 saturated carbocycles. The van der Waals surface area contributed by atoms with Crippen LogP contribution in [0.2, 0.25) is 0 Å². The molecular formula is C20H21NO4. The van der Waals surface area contributed by atoms with Crippen LogP contribution in [0.25, 0.3) is 0 Å². The van der Waals surface area contributed by atoms with E-state index in [1.807, 2.05) is 30.3 Å². The van der Waals surface area contributed by atoms with E-state index in [4.69, 9.17) is 5.11 Å². The van der Waals surface area contributed by atoms with Crippen LogP contribution in [0.3, 0.4) is 0 Å². The number of nitrogens with zero attached hydrogens (tertiary/aromatic N) is 1. The normalized spacial score (nSPS) is 18.1. The lowest BCUT2D eigenvalue weighted by Crippen LogP contribution is -2.36. The molecule has 5 nitrogen and oxygen atoms in total. The summed E-state index contributed by atoms with van der Waals surface area (Å²) in [6, 6.07) is 15.4. The molecule has 5 heteroatoms. The van der Waals surface area contributed by atoms with Gasteiger partial charge >= 0.3 is 5.97 Å². The molecule has 1 aliphatic rings. The number of carbonyl (C=O) groups excluding carboxylic acids is 1. The molecule has 0 aliphatic carbocycles. The monoisotopic (exact) mass is 339 g/mol.